The van der Waals surface area contributed by atoms with Crippen molar-refractivity contribution in [2.75, 3.05) is 33.4 Å². The molecular weight excluding hydrogens is 244 g/mol. The van der Waals surface area contributed by atoms with Gasteiger partial charge in [-0.15, -0.1) is 0 Å². The van der Waals surface area contributed by atoms with E-state index >= 15 is 0 Å². The molecule has 19 heavy (non-hydrogen) atoms. The third-order valence-corrected chi connectivity index (χ3v) is 3.65. The smallest absolute Gasteiger partial charge is 0.287 e. The largest absolute Gasteiger partial charge is 0.459 e. The molecule has 5 nitrogen and oxygen atoms in total. The fourth-order valence-electron chi connectivity index (χ4n) is 2.53. The van der Waals surface area contributed by atoms with Gasteiger partial charge >= 0.3 is 0 Å². The van der Waals surface area contributed by atoms with Crippen LogP contribution in [0.25, 0.3) is 0 Å². The number of furan rings is 1. The Bertz CT molecular complexity index is 417. The van der Waals surface area contributed by atoms with Gasteiger partial charge in [0, 0.05) is 31.8 Å². The summed E-state index contributed by atoms with van der Waals surface area (Å²) in [6.45, 7) is 5.30. The molecule has 1 amide bonds. The Hall–Kier alpha value is -1.33. The minimum absolute atomic E-state index is 0.124. The minimum atomic E-state index is -0.124. The number of methoxy groups -OCH3 is 1. The SMILES string of the molecule is COCCN1CCC[C@@H]1CNC(=O)c1occc1C. The molecule has 5 heteroatoms. The van der Waals surface area contributed by atoms with Gasteiger partial charge in [0.15, 0.2) is 5.76 Å². The van der Waals surface area contributed by atoms with E-state index in [4.69, 9.17) is 9.15 Å². The van der Waals surface area contributed by atoms with E-state index in [1.807, 2.05) is 6.92 Å². The second kappa shape index (κ2) is 6.73. The van der Waals surface area contributed by atoms with Crippen molar-refractivity contribution in [1.29, 1.82) is 0 Å². The lowest BCUT2D eigenvalue weighted by molar-refractivity contribution is 0.0904. The zero-order valence-corrected chi connectivity index (χ0v) is 11.6. The molecule has 1 aliphatic rings. The van der Waals surface area contributed by atoms with Gasteiger partial charge in [-0.1, -0.05) is 0 Å². The highest BCUT2D eigenvalue weighted by Crippen LogP contribution is 2.16. The lowest BCUT2D eigenvalue weighted by atomic mass is 10.2. The number of amides is 1. The summed E-state index contributed by atoms with van der Waals surface area (Å²) < 4.78 is 10.3. The summed E-state index contributed by atoms with van der Waals surface area (Å²) in [6, 6.07) is 2.21. The highest BCUT2D eigenvalue weighted by atomic mass is 16.5. The highest BCUT2D eigenvalue weighted by Gasteiger charge is 2.25. The molecule has 1 aromatic rings. The monoisotopic (exact) mass is 266 g/mol. The van der Waals surface area contributed by atoms with E-state index in [1.165, 1.54) is 6.42 Å². The highest BCUT2D eigenvalue weighted by molar-refractivity contribution is 5.92. The number of ether oxygens (including phenoxy) is 1. The van der Waals surface area contributed by atoms with Crippen molar-refractivity contribution >= 4 is 5.91 Å². The molecule has 0 aliphatic carbocycles. The number of likely N-dealkylation sites (tertiary alicyclic amines) is 1. The summed E-state index contributed by atoms with van der Waals surface area (Å²) >= 11 is 0. The number of nitrogens with zero attached hydrogens (tertiary/aromatic N) is 1. The Kier molecular flexibility index (Phi) is 4.99. The van der Waals surface area contributed by atoms with Gasteiger partial charge in [0.1, 0.15) is 0 Å². The summed E-state index contributed by atoms with van der Waals surface area (Å²) in [5.41, 5.74) is 0.875. The van der Waals surface area contributed by atoms with Crippen LogP contribution in [-0.2, 0) is 4.74 Å². The fourth-order valence-corrected chi connectivity index (χ4v) is 2.53. The van der Waals surface area contributed by atoms with E-state index in [0.29, 0.717) is 18.3 Å². The standard InChI is InChI=1S/C14H22N2O3/c1-11-5-8-19-13(11)14(17)15-10-12-4-3-6-16(12)7-9-18-2/h5,8,12H,3-4,6-7,9-10H2,1-2H3,(H,15,17)/t12-/m1/s1. The molecule has 1 N–H and O–H groups in total. The maximum atomic E-state index is 12.0. The average Bonchev–Trinajstić information content (AvgIpc) is 3.02. The molecule has 0 aromatic carbocycles. The number of carbonyl (C=O) groups excluding carboxylic acids is 1. The molecule has 0 bridgehead atoms. The summed E-state index contributed by atoms with van der Waals surface area (Å²) in [5, 5.41) is 2.96. The molecule has 2 rings (SSSR count). The Morgan fingerprint density at radius 2 is 2.47 bits per heavy atom. The molecule has 1 aliphatic heterocycles. The normalized spacial score (nSPS) is 19.8. The molecule has 0 saturated carbocycles. The van der Waals surface area contributed by atoms with Gasteiger partial charge in [-0.25, -0.2) is 0 Å². The second-order valence-electron chi connectivity index (χ2n) is 4.97. The van der Waals surface area contributed by atoms with E-state index < -0.39 is 0 Å². The van der Waals surface area contributed by atoms with Crippen LogP contribution in [-0.4, -0.2) is 50.2 Å². The predicted octanol–water partition coefficient (Wildman–Crippen LogP) is 1.43. The first kappa shape index (κ1) is 14.1. The first-order valence-electron chi connectivity index (χ1n) is 6.77. The Labute approximate surface area is 113 Å². The van der Waals surface area contributed by atoms with Crippen LogP contribution in [0.1, 0.15) is 29.0 Å². The van der Waals surface area contributed by atoms with Crippen LogP contribution in [0.5, 0.6) is 0 Å². The van der Waals surface area contributed by atoms with Gasteiger partial charge in [0.2, 0.25) is 0 Å². The second-order valence-corrected chi connectivity index (χ2v) is 4.97. The average molecular weight is 266 g/mol. The summed E-state index contributed by atoms with van der Waals surface area (Å²) in [6.07, 6.45) is 3.86. The van der Waals surface area contributed by atoms with E-state index in [2.05, 4.69) is 10.2 Å². The van der Waals surface area contributed by atoms with Crippen LogP contribution in [0, 0.1) is 6.92 Å². The topological polar surface area (TPSA) is 54.7 Å². The third kappa shape index (κ3) is 3.58. The summed E-state index contributed by atoms with van der Waals surface area (Å²) in [5.74, 6) is 0.294. The van der Waals surface area contributed by atoms with Crippen LogP contribution < -0.4 is 5.32 Å². The summed E-state index contributed by atoms with van der Waals surface area (Å²) in [4.78, 5) is 14.3. The maximum absolute atomic E-state index is 12.0. The van der Waals surface area contributed by atoms with E-state index in [1.54, 1.807) is 19.4 Å². The van der Waals surface area contributed by atoms with Crippen molar-refractivity contribution in [3.63, 3.8) is 0 Å². The number of nitrogens with one attached hydrogen (secondary N) is 1. The van der Waals surface area contributed by atoms with Crippen molar-refractivity contribution in [2.45, 2.75) is 25.8 Å². The van der Waals surface area contributed by atoms with Gasteiger partial charge in [-0.2, -0.15) is 0 Å². The van der Waals surface area contributed by atoms with Crippen LogP contribution >= 0.6 is 0 Å². The van der Waals surface area contributed by atoms with Gasteiger partial charge in [-0.3, -0.25) is 9.69 Å². The molecule has 1 saturated heterocycles. The van der Waals surface area contributed by atoms with Gasteiger partial charge in [-0.05, 0) is 32.4 Å². The van der Waals surface area contributed by atoms with Gasteiger partial charge < -0.3 is 14.5 Å². The zero-order valence-electron chi connectivity index (χ0n) is 11.6. The molecule has 0 radical (unpaired) electrons. The molecule has 1 fully saturated rings. The van der Waals surface area contributed by atoms with Crippen molar-refractivity contribution in [3.8, 4) is 0 Å². The zero-order chi connectivity index (χ0) is 13.7. The minimum Gasteiger partial charge on any atom is -0.459 e. The van der Waals surface area contributed by atoms with Crippen molar-refractivity contribution < 1.29 is 13.9 Å². The molecule has 0 unspecified atom stereocenters. The molecule has 1 aromatic heterocycles. The molecule has 2 heterocycles. The van der Waals surface area contributed by atoms with E-state index in [0.717, 1.165) is 31.7 Å². The quantitative estimate of drug-likeness (QED) is 0.846. The number of carbonyl (C=O) groups is 1. The van der Waals surface area contributed by atoms with Gasteiger partial charge in [0.05, 0.1) is 12.9 Å². The number of hydrogen-bond acceptors (Lipinski definition) is 4. The van der Waals surface area contributed by atoms with E-state index in [9.17, 15) is 4.79 Å². The molecule has 0 spiro atoms. The lowest BCUT2D eigenvalue weighted by Gasteiger charge is -2.24. The number of rotatable bonds is 6. The van der Waals surface area contributed by atoms with Crippen LogP contribution in [0.3, 0.4) is 0 Å². The van der Waals surface area contributed by atoms with Gasteiger partial charge in [0.25, 0.3) is 5.91 Å². The fraction of sp³-hybridized carbons (Fsp3) is 0.643. The summed E-state index contributed by atoms with van der Waals surface area (Å²) in [7, 11) is 1.71. The van der Waals surface area contributed by atoms with Crippen molar-refractivity contribution in [2.24, 2.45) is 0 Å². The molecule has 1 atom stereocenters. The van der Waals surface area contributed by atoms with Crippen LogP contribution in [0.15, 0.2) is 16.7 Å². The number of aryl methyl sites for hydroxylation is 1. The molecular formula is C14H22N2O3. The Morgan fingerprint density at radius 3 is 3.16 bits per heavy atom. The Morgan fingerprint density at radius 1 is 1.63 bits per heavy atom. The van der Waals surface area contributed by atoms with Crippen LogP contribution in [0.2, 0.25) is 0 Å². The maximum Gasteiger partial charge on any atom is 0.287 e. The van der Waals surface area contributed by atoms with Crippen LogP contribution in [0.4, 0.5) is 0 Å². The lowest BCUT2D eigenvalue weighted by Crippen LogP contribution is -2.41. The van der Waals surface area contributed by atoms with Crippen molar-refractivity contribution in [1.82, 2.24) is 10.2 Å². The molecule has 106 valence electrons. The first-order valence-corrected chi connectivity index (χ1v) is 6.77. The van der Waals surface area contributed by atoms with E-state index in [-0.39, 0.29) is 5.91 Å². The number of hydrogen-bond donors (Lipinski definition) is 1. The third-order valence-electron chi connectivity index (χ3n) is 3.65. The first-order chi connectivity index (χ1) is 9.22. The Balaban J connectivity index is 1.81. The predicted molar refractivity (Wildman–Crippen MR) is 72.2 cm³/mol. The van der Waals surface area contributed by atoms with Crippen molar-refractivity contribution in [3.05, 3.63) is 23.7 Å².